The molecule has 0 radical (unpaired) electrons. The van der Waals surface area contributed by atoms with Crippen LogP contribution < -0.4 is 4.74 Å². The Morgan fingerprint density at radius 2 is 1.39 bits per heavy atom. The van der Waals surface area contributed by atoms with Gasteiger partial charge in [-0.2, -0.15) is 8.78 Å². The van der Waals surface area contributed by atoms with E-state index in [2.05, 4.69) is 23.5 Å². The molecule has 1 nitrogen and oxygen atoms in total. The largest absolute Gasteiger partial charge is 0.432 e. The molecular weight excluding hydrogens is 569 g/mol. The minimum Gasteiger partial charge on any atom is -0.429 e. The topological polar surface area (TPSA) is 9.23 Å². The van der Waals surface area contributed by atoms with Crippen molar-refractivity contribution in [3.63, 3.8) is 0 Å². The number of hydrogen-bond donors (Lipinski definition) is 0. The summed E-state index contributed by atoms with van der Waals surface area (Å²) in [6.07, 6.45) is -0.314. The van der Waals surface area contributed by atoms with Crippen molar-refractivity contribution in [1.82, 2.24) is 0 Å². The predicted molar refractivity (Wildman–Crippen MR) is 143 cm³/mol. The second-order valence-electron chi connectivity index (χ2n) is 9.23. The van der Waals surface area contributed by atoms with Gasteiger partial charge in [-0.25, -0.2) is 22.0 Å². The molecule has 4 aromatic carbocycles. The normalized spacial score (nSPS) is 11.2. The van der Waals surface area contributed by atoms with Crippen molar-refractivity contribution >= 4 is 11.6 Å². The van der Waals surface area contributed by atoms with E-state index >= 15 is 0 Å². The van der Waals surface area contributed by atoms with Crippen molar-refractivity contribution in [2.24, 2.45) is 0 Å². The summed E-state index contributed by atoms with van der Waals surface area (Å²) in [6.45, 7) is 2.12. The van der Waals surface area contributed by atoms with Crippen molar-refractivity contribution in [2.45, 2.75) is 38.7 Å². The maximum Gasteiger partial charge on any atom is 0.432 e. The van der Waals surface area contributed by atoms with Gasteiger partial charge >= 0.3 is 6.11 Å². The lowest BCUT2D eigenvalue weighted by molar-refractivity contribution is -0.189. The molecule has 4 aromatic rings. The van der Waals surface area contributed by atoms with Gasteiger partial charge in [0, 0.05) is 22.8 Å². The van der Waals surface area contributed by atoms with Crippen LogP contribution in [0.25, 0.3) is 11.1 Å². The van der Waals surface area contributed by atoms with Crippen molar-refractivity contribution in [3.05, 3.63) is 123 Å². The zero-order chi connectivity index (χ0) is 29.7. The van der Waals surface area contributed by atoms with Crippen LogP contribution in [0.4, 0.5) is 30.7 Å². The molecule has 0 heterocycles. The highest BCUT2D eigenvalue weighted by Crippen LogP contribution is 2.37. The summed E-state index contributed by atoms with van der Waals surface area (Å²) in [7, 11) is 0. The molecule has 0 amide bonds. The SMILES string of the molecule is CCCCCc1ccc(C#Cc2cc(F)c(C(F)(F)Oc3ccc(-c4cc(F)c(F)c(Cl)c4)c(F)c3)c(F)c2)cc1. The summed E-state index contributed by atoms with van der Waals surface area (Å²) in [5.74, 6) is -2.51. The van der Waals surface area contributed by atoms with Gasteiger partial charge in [-0.3, -0.25) is 0 Å². The number of ether oxygens (including phenoxy) is 1. The smallest absolute Gasteiger partial charge is 0.429 e. The average molecular weight is 591 g/mol. The Balaban J connectivity index is 1.52. The Bertz CT molecular complexity index is 1580. The van der Waals surface area contributed by atoms with Gasteiger partial charge in [0.25, 0.3) is 0 Å². The Hall–Kier alpha value is -3.96. The molecule has 0 atom stereocenters. The fourth-order valence-electron chi connectivity index (χ4n) is 4.11. The van der Waals surface area contributed by atoms with Crippen LogP contribution in [0.3, 0.4) is 0 Å². The third-order valence-electron chi connectivity index (χ3n) is 6.19. The van der Waals surface area contributed by atoms with Crippen LogP contribution in [0.2, 0.25) is 5.02 Å². The molecule has 0 saturated carbocycles. The predicted octanol–water partition coefficient (Wildman–Crippen LogP) is 9.96. The van der Waals surface area contributed by atoms with E-state index < -0.39 is 51.5 Å². The molecule has 0 aliphatic carbocycles. The number of halogens is 8. The van der Waals surface area contributed by atoms with Gasteiger partial charge in [0.2, 0.25) is 0 Å². The van der Waals surface area contributed by atoms with Gasteiger partial charge < -0.3 is 4.74 Å². The zero-order valence-electron chi connectivity index (χ0n) is 21.6. The maximum absolute atomic E-state index is 14.8. The van der Waals surface area contributed by atoms with E-state index in [0.717, 1.165) is 49.4 Å². The van der Waals surface area contributed by atoms with Crippen molar-refractivity contribution < 1.29 is 35.5 Å². The van der Waals surface area contributed by atoms with Crippen LogP contribution >= 0.6 is 11.6 Å². The third-order valence-corrected chi connectivity index (χ3v) is 6.46. The van der Waals surface area contributed by atoms with Gasteiger partial charge in [0.1, 0.15) is 28.8 Å². The molecule has 0 saturated heterocycles. The van der Waals surface area contributed by atoms with E-state index in [9.17, 15) is 30.7 Å². The number of hydrogen-bond acceptors (Lipinski definition) is 1. The van der Waals surface area contributed by atoms with Gasteiger partial charge in [-0.05, 0) is 72.5 Å². The molecule has 0 N–H and O–H groups in total. The number of aryl methyl sites for hydroxylation is 1. The van der Waals surface area contributed by atoms with E-state index in [-0.39, 0.29) is 16.7 Å². The van der Waals surface area contributed by atoms with Gasteiger partial charge in [0.05, 0.1) is 5.02 Å². The molecular formula is C32H22ClF7O. The fourth-order valence-corrected chi connectivity index (χ4v) is 4.31. The van der Waals surface area contributed by atoms with Gasteiger partial charge in [0.15, 0.2) is 11.6 Å². The van der Waals surface area contributed by atoms with Crippen molar-refractivity contribution in [1.29, 1.82) is 0 Å². The fraction of sp³-hybridized carbons (Fsp3) is 0.188. The molecule has 0 aliphatic heterocycles. The number of benzene rings is 4. The standard InChI is InChI=1S/C32H22ClF7O/c1-2-3-4-5-19-6-8-20(9-7-19)10-11-21-14-27(35)30(28(36)15-21)32(39,40)41-23-12-13-24(26(34)18-23)22-16-25(33)31(38)29(37)17-22/h6-9,12-18H,2-5H2,1H3. The maximum atomic E-state index is 14.8. The van der Waals surface area contributed by atoms with Crippen LogP contribution in [0, 0.1) is 40.9 Å². The number of unbranched alkanes of at least 4 members (excludes halogenated alkanes) is 2. The summed E-state index contributed by atoms with van der Waals surface area (Å²) in [6, 6.07) is 12.6. The summed E-state index contributed by atoms with van der Waals surface area (Å²) in [5.41, 5.74) is -0.604. The summed E-state index contributed by atoms with van der Waals surface area (Å²) in [4.78, 5) is 0. The molecule has 9 heteroatoms. The zero-order valence-corrected chi connectivity index (χ0v) is 22.4. The van der Waals surface area contributed by atoms with Crippen LogP contribution in [0.5, 0.6) is 5.75 Å². The molecule has 0 unspecified atom stereocenters. The van der Waals surface area contributed by atoms with Crippen LogP contribution in [-0.4, -0.2) is 0 Å². The van der Waals surface area contributed by atoms with E-state index in [0.29, 0.717) is 29.8 Å². The van der Waals surface area contributed by atoms with Crippen molar-refractivity contribution in [3.8, 4) is 28.7 Å². The van der Waals surface area contributed by atoms with E-state index in [1.165, 1.54) is 0 Å². The van der Waals surface area contributed by atoms with E-state index in [4.69, 9.17) is 11.6 Å². The lowest BCUT2D eigenvalue weighted by Gasteiger charge is -2.20. The Morgan fingerprint density at radius 1 is 0.732 bits per heavy atom. The lowest BCUT2D eigenvalue weighted by atomic mass is 10.0. The molecule has 0 spiro atoms. The highest BCUT2D eigenvalue weighted by atomic mass is 35.5. The second-order valence-corrected chi connectivity index (χ2v) is 9.64. The summed E-state index contributed by atoms with van der Waals surface area (Å²) < 4.78 is 105. The highest BCUT2D eigenvalue weighted by Gasteiger charge is 2.41. The molecule has 0 aromatic heterocycles. The molecule has 0 fully saturated rings. The first-order chi connectivity index (χ1) is 19.5. The summed E-state index contributed by atoms with van der Waals surface area (Å²) in [5, 5.41) is -0.610. The van der Waals surface area contributed by atoms with E-state index in [1.54, 1.807) is 12.1 Å². The first-order valence-corrected chi connectivity index (χ1v) is 13.0. The Morgan fingerprint density at radius 3 is 2.00 bits per heavy atom. The molecule has 0 bridgehead atoms. The minimum atomic E-state index is -4.53. The molecule has 212 valence electrons. The quantitative estimate of drug-likeness (QED) is 0.0859. The molecule has 41 heavy (non-hydrogen) atoms. The molecule has 4 rings (SSSR count). The van der Waals surface area contributed by atoms with E-state index in [1.807, 2.05) is 12.1 Å². The third kappa shape index (κ3) is 7.22. The minimum absolute atomic E-state index is 0.165. The first-order valence-electron chi connectivity index (χ1n) is 12.6. The van der Waals surface area contributed by atoms with Gasteiger partial charge in [-0.1, -0.05) is 55.3 Å². The van der Waals surface area contributed by atoms with Gasteiger partial charge in [-0.15, -0.1) is 0 Å². The van der Waals surface area contributed by atoms with Crippen LogP contribution in [0.1, 0.15) is 48.4 Å². The first kappa shape index (κ1) is 30.0. The average Bonchev–Trinajstić information content (AvgIpc) is 2.90. The number of alkyl halides is 2. The Kier molecular flexibility index (Phi) is 9.29. The monoisotopic (exact) mass is 590 g/mol. The van der Waals surface area contributed by atoms with Crippen LogP contribution in [-0.2, 0) is 12.5 Å². The Labute approximate surface area is 237 Å². The van der Waals surface area contributed by atoms with Crippen LogP contribution in [0.15, 0.2) is 66.7 Å². The second kappa shape index (κ2) is 12.7. The molecule has 0 aliphatic rings. The van der Waals surface area contributed by atoms with Crippen molar-refractivity contribution in [2.75, 3.05) is 0 Å². The lowest BCUT2D eigenvalue weighted by Crippen LogP contribution is -2.25. The highest BCUT2D eigenvalue weighted by molar-refractivity contribution is 6.31. The summed E-state index contributed by atoms with van der Waals surface area (Å²) >= 11 is 5.58. The number of rotatable bonds is 8.